The highest BCUT2D eigenvalue weighted by Crippen LogP contribution is 2.26. The van der Waals surface area contributed by atoms with Gasteiger partial charge in [-0.05, 0) is 35.9 Å². The molecule has 170 valence electrons. The standard InChI is InChI=1S/C23H25ClFN3O4/c1-31-22(29)17-4-2-16(3-5-17)13-28(18-6-7-21(25)20(24)12-18)23(30)27-10-8-26(9-11-27)19-14-32-15-19/h2-7,12,19H,8-11,13-15H2,1H3. The summed E-state index contributed by atoms with van der Waals surface area (Å²) in [6.45, 7) is 4.51. The smallest absolute Gasteiger partial charge is 0.337 e. The molecule has 0 aliphatic carbocycles. The molecule has 2 aliphatic heterocycles. The van der Waals surface area contributed by atoms with Crippen molar-refractivity contribution in [3.05, 3.63) is 64.4 Å². The molecule has 2 aromatic rings. The second-order valence-electron chi connectivity index (χ2n) is 7.87. The number of carbonyl (C=O) groups is 2. The topological polar surface area (TPSA) is 62.3 Å². The summed E-state index contributed by atoms with van der Waals surface area (Å²) in [6, 6.07) is 11.4. The number of anilines is 1. The molecule has 2 aliphatic rings. The summed E-state index contributed by atoms with van der Waals surface area (Å²) in [4.78, 5) is 30.9. The highest BCUT2D eigenvalue weighted by molar-refractivity contribution is 6.31. The molecule has 0 saturated carbocycles. The Labute approximate surface area is 191 Å². The van der Waals surface area contributed by atoms with Gasteiger partial charge in [-0.15, -0.1) is 0 Å². The lowest BCUT2D eigenvalue weighted by Crippen LogP contribution is -2.59. The molecule has 2 aromatic carbocycles. The van der Waals surface area contributed by atoms with Crippen LogP contribution in [-0.4, -0.2) is 74.3 Å². The van der Waals surface area contributed by atoms with Gasteiger partial charge in [-0.2, -0.15) is 0 Å². The van der Waals surface area contributed by atoms with E-state index in [-0.39, 0.29) is 17.6 Å². The van der Waals surface area contributed by atoms with Gasteiger partial charge in [0.15, 0.2) is 0 Å². The van der Waals surface area contributed by atoms with Gasteiger partial charge in [0.1, 0.15) is 5.82 Å². The molecule has 0 N–H and O–H groups in total. The van der Waals surface area contributed by atoms with Gasteiger partial charge in [-0.1, -0.05) is 23.7 Å². The van der Waals surface area contributed by atoms with Crippen LogP contribution in [0.2, 0.25) is 5.02 Å². The first kappa shape index (κ1) is 22.5. The molecule has 0 spiro atoms. The van der Waals surface area contributed by atoms with Crippen molar-refractivity contribution in [2.45, 2.75) is 12.6 Å². The minimum atomic E-state index is -0.540. The van der Waals surface area contributed by atoms with E-state index in [0.717, 1.165) is 31.9 Å². The van der Waals surface area contributed by atoms with E-state index in [1.54, 1.807) is 40.1 Å². The van der Waals surface area contributed by atoms with Gasteiger partial charge in [0.05, 0.1) is 43.5 Å². The number of benzene rings is 2. The molecule has 2 fully saturated rings. The minimum absolute atomic E-state index is 0.0452. The fourth-order valence-electron chi connectivity index (χ4n) is 3.85. The summed E-state index contributed by atoms with van der Waals surface area (Å²) in [5.41, 5.74) is 1.75. The van der Waals surface area contributed by atoms with Crippen LogP contribution in [0.15, 0.2) is 42.5 Å². The Morgan fingerprint density at radius 2 is 1.81 bits per heavy atom. The van der Waals surface area contributed by atoms with Crippen LogP contribution in [0.5, 0.6) is 0 Å². The third-order valence-electron chi connectivity index (χ3n) is 5.88. The second-order valence-corrected chi connectivity index (χ2v) is 8.28. The van der Waals surface area contributed by atoms with Gasteiger partial charge in [-0.25, -0.2) is 14.0 Å². The summed E-state index contributed by atoms with van der Waals surface area (Å²) >= 11 is 6.00. The predicted octanol–water partition coefficient (Wildman–Crippen LogP) is 3.41. The number of rotatable bonds is 5. The van der Waals surface area contributed by atoms with Crippen LogP contribution < -0.4 is 4.90 Å². The summed E-state index contributed by atoms with van der Waals surface area (Å²) in [5, 5.41) is -0.0452. The number of methoxy groups -OCH3 is 1. The molecule has 0 atom stereocenters. The van der Waals surface area contributed by atoms with E-state index in [1.807, 2.05) is 0 Å². The number of nitrogens with zero attached hydrogens (tertiary/aromatic N) is 3. The molecule has 9 heteroatoms. The van der Waals surface area contributed by atoms with Crippen LogP contribution in [0.4, 0.5) is 14.9 Å². The van der Waals surface area contributed by atoms with Crippen molar-refractivity contribution < 1.29 is 23.5 Å². The summed E-state index contributed by atoms with van der Waals surface area (Å²) in [6.07, 6.45) is 0. The molecular formula is C23H25ClFN3O4. The highest BCUT2D eigenvalue weighted by atomic mass is 35.5. The van der Waals surface area contributed by atoms with Crippen LogP contribution >= 0.6 is 11.6 Å². The van der Waals surface area contributed by atoms with Gasteiger partial charge in [0, 0.05) is 31.9 Å². The fourth-order valence-corrected chi connectivity index (χ4v) is 4.03. The van der Waals surface area contributed by atoms with E-state index < -0.39 is 11.8 Å². The molecule has 0 unspecified atom stereocenters. The van der Waals surface area contributed by atoms with Crippen LogP contribution in [-0.2, 0) is 16.0 Å². The fraction of sp³-hybridized carbons (Fsp3) is 0.391. The third kappa shape index (κ3) is 4.87. The summed E-state index contributed by atoms with van der Waals surface area (Å²) in [5.74, 6) is -0.967. The van der Waals surface area contributed by atoms with Crippen LogP contribution in [0.3, 0.4) is 0 Å². The Morgan fingerprint density at radius 1 is 1.12 bits per heavy atom. The van der Waals surface area contributed by atoms with Crippen molar-refractivity contribution >= 4 is 29.3 Å². The Morgan fingerprint density at radius 3 is 2.38 bits per heavy atom. The average molecular weight is 462 g/mol. The second kappa shape index (κ2) is 9.85. The average Bonchev–Trinajstić information content (AvgIpc) is 2.78. The van der Waals surface area contributed by atoms with Crippen molar-refractivity contribution in [2.24, 2.45) is 0 Å². The number of hydrogen-bond donors (Lipinski definition) is 0. The zero-order chi connectivity index (χ0) is 22.7. The van der Waals surface area contributed by atoms with Gasteiger partial charge in [0.25, 0.3) is 0 Å². The lowest BCUT2D eigenvalue weighted by molar-refractivity contribution is -0.0738. The lowest BCUT2D eigenvalue weighted by atomic mass is 10.1. The number of amides is 2. The van der Waals surface area contributed by atoms with E-state index in [1.165, 1.54) is 19.2 Å². The van der Waals surface area contributed by atoms with E-state index in [4.69, 9.17) is 21.1 Å². The van der Waals surface area contributed by atoms with Crippen molar-refractivity contribution in [1.29, 1.82) is 0 Å². The molecule has 7 nitrogen and oxygen atoms in total. The maximum absolute atomic E-state index is 13.8. The Hall–Kier alpha value is -2.68. The first-order valence-corrected chi connectivity index (χ1v) is 10.8. The number of piperazine rings is 1. The van der Waals surface area contributed by atoms with Gasteiger partial charge < -0.3 is 14.4 Å². The van der Waals surface area contributed by atoms with E-state index in [9.17, 15) is 14.0 Å². The summed E-state index contributed by atoms with van der Waals surface area (Å²) in [7, 11) is 1.33. The molecule has 0 radical (unpaired) electrons. The first-order valence-electron chi connectivity index (χ1n) is 10.5. The largest absolute Gasteiger partial charge is 0.465 e. The maximum Gasteiger partial charge on any atom is 0.337 e. The maximum atomic E-state index is 13.8. The lowest BCUT2D eigenvalue weighted by Gasteiger charge is -2.43. The van der Waals surface area contributed by atoms with Gasteiger partial charge >= 0.3 is 12.0 Å². The molecule has 0 bridgehead atoms. The Balaban J connectivity index is 1.52. The zero-order valence-electron chi connectivity index (χ0n) is 17.8. The first-order chi connectivity index (χ1) is 15.5. The van der Waals surface area contributed by atoms with Crippen molar-refractivity contribution in [1.82, 2.24) is 9.80 Å². The quantitative estimate of drug-likeness (QED) is 0.638. The predicted molar refractivity (Wildman–Crippen MR) is 119 cm³/mol. The van der Waals surface area contributed by atoms with Crippen molar-refractivity contribution in [2.75, 3.05) is 51.4 Å². The van der Waals surface area contributed by atoms with Gasteiger partial charge in [-0.3, -0.25) is 9.80 Å². The van der Waals surface area contributed by atoms with Crippen molar-refractivity contribution in [3.8, 4) is 0 Å². The normalized spacial score (nSPS) is 17.0. The molecule has 32 heavy (non-hydrogen) atoms. The van der Waals surface area contributed by atoms with E-state index >= 15 is 0 Å². The highest BCUT2D eigenvalue weighted by Gasteiger charge is 2.32. The van der Waals surface area contributed by atoms with Crippen LogP contribution in [0.1, 0.15) is 15.9 Å². The SMILES string of the molecule is COC(=O)c1ccc(CN(C(=O)N2CCN(C3COC3)CC2)c2ccc(F)c(Cl)c2)cc1. The molecular weight excluding hydrogens is 437 g/mol. The van der Waals surface area contributed by atoms with Gasteiger partial charge in [0.2, 0.25) is 0 Å². The number of halogens is 2. The number of urea groups is 1. The van der Waals surface area contributed by atoms with E-state index in [2.05, 4.69) is 4.90 Å². The third-order valence-corrected chi connectivity index (χ3v) is 6.17. The Kier molecular flexibility index (Phi) is 6.93. The molecule has 0 aromatic heterocycles. The number of ether oxygens (including phenoxy) is 2. The number of hydrogen-bond acceptors (Lipinski definition) is 5. The van der Waals surface area contributed by atoms with Crippen LogP contribution in [0.25, 0.3) is 0 Å². The van der Waals surface area contributed by atoms with E-state index in [0.29, 0.717) is 30.4 Å². The number of esters is 1. The molecule has 2 saturated heterocycles. The number of carbonyl (C=O) groups excluding carboxylic acids is 2. The monoisotopic (exact) mass is 461 g/mol. The molecule has 4 rings (SSSR count). The summed E-state index contributed by atoms with van der Waals surface area (Å²) < 4.78 is 23.8. The minimum Gasteiger partial charge on any atom is -0.465 e. The Bertz CT molecular complexity index is 976. The van der Waals surface area contributed by atoms with Crippen LogP contribution in [0, 0.1) is 5.82 Å². The van der Waals surface area contributed by atoms with Crippen molar-refractivity contribution in [3.63, 3.8) is 0 Å². The molecule has 2 amide bonds. The zero-order valence-corrected chi connectivity index (χ0v) is 18.6. The molecule has 2 heterocycles.